The van der Waals surface area contributed by atoms with Gasteiger partial charge >= 0.3 is 0 Å². The Labute approximate surface area is 101 Å². The van der Waals surface area contributed by atoms with Crippen LogP contribution in [0.25, 0.3) is 0 Å². The average molecular weight is 258 g/mol. The molecule has 0 unspecified atom stereocenters. The molecule has 0 radical (unpaired) electrons. The zero-order valence-corrected chi connectivity index (χ0v) is 10.1. The quantitative estimate of drug-likeness (QED) is 0.678. The van der Waals surface area contributed by atoms with Crippen molar-refractivity contribution >= 4 is 40.4 Å². The Morgan fingerprint density at radius 1 is 1.47 bits per heavy atom. The number of hydrogen-bond donors (Lipinski definition) is 1. The van der Waals surface area contributed by atoms with Gasteiger partial charge in [0.05, 0.1) is 0 Å². The van der Waals surface area contributed by atoms with Crippen LogP contribution in [0.1, 0.15) is 5.56 Å². The van der Waals surface area contributed by atoms with Gasteiger partial charge in [0.2, 0.25) is 0 Å². The number of hydrogen-bond acceptors (Lipinski definition) is 5. The molecule has 0 aliphatic carbocycles. The fourth-order valence-electron chi connectivity index (χ4n) is 1.09. The molecular weight excluding hydrogens is 250 g/mol. The largest absolute Gasteiger partial charge is 0.398 e. The highest BCUT2D eigenvalue weighted by Gasteiger charge is 2.06. The highest BCUT2D eigenvalue weighted by atomic mass is 35.5. The minimum absolute atomic E-state index is 0.701. The van der Waals surface area contributed by atoms with Gasteiger partial charge in [0.25, 0.3) is 0 Å². The molecule has 0 spiro atoms. The van der Waals surface area contributed by atoms with E-state index in [4.69, 9.17) is 17.3 Å². The Bertz CT molecular complexity index is 424. The van der Waals surface area contributed by atoms with Crippen LogP contribution in [0.5, 0.6) is 0 Å². The second-order valence-electron chi connectivity index (χ2n) is 2.80. The first-order valence-corrected chi connectivity index (χ1v) is 6.43. The van der Waals surface area contributed by atoms with Gasteiger partial charge in [0, 0.05) is 22.0 Å². The van der Waals surface area contributed by atoms with Crippen molar-refractivity contribution in [1.29, 1.82) is 0 Å². The van der Waals surface area contributed by atoms with E-state index in [-0.39, 0.29) is 0 Å². The van der Waals surface area contributed by atoms with Crippen molar-refractivity contribution in [3.63, 3.8) is 0 Å². The van der Waals surface area contributed by atoms with Crippen LogP contribution in [0.2, 0.25) is 5.02 Å². The third kappa shape index (κ3) is 2.62. The molecule has 0 saturated heterocycles. The molecule has 2 aromatic rings. The van der Waals surface area contributed by atoms with Gasteiger partial charge in [-0.2, -0.15) is 0 Å². The second kappa shape index (κ2) is 4.83. The van der Waals surface area contributed by atoms with Crippen LogP contribution in [-0.4, -0.2) is 10.2 Å². The molecule has 6 heteroatoms. The number of nitrogen functional groups attached to an aromatic ring is 1. The van der Waals surface area contributed by atoms with E-state index in [9.17, 15) is 0 Å². The van der Waals surface area contributed by atoms with Gasteiger partial charge < -0.3 is 5.73 Å². The average Bonchev–Trinajstić information content (AvgIpc) is 2.70. The summed E-state index contributed by atoms with van der Waals surface area (Å²) in [4.78, 5) is 0. The highest BCUT2D eigenvalue weighted by Crippen LogP contribution is 2.30. The molecule has 0 saturated carbocycles. The summed E-state index contributed by atoms with van der Waals surface area (Å²) in [5, 5.41) is 8.40. The van der Waals surface area contributed by atoms with Gasteiger partial charge in [0.1, 0.15) is 5.51 Å². The first-order chi connectivity index (χ1) is 7.27. The predicted octanol–water partition coefficient (Wildman–Crippen LogP) is 3.07. The summed E-state index contributed by atoms with van der Waals surface area (Å²) in [5.74, 6) is 0.723. The number of rotatable bonds is 3. The fourth-order valence-corrected chi connectivity index (χ4v) is 2.97. The molecule has 78 valence electrons. The van der Waals surface area contributed by atoms with Gasteiger partial charge in [-0.1, -0.05) is 40.8 Å². The standard InChI is InChI=1S/C9H8ClN3S2/c10-7-2-1-3-8(11)6(7)4-14-9-13-12-5-15-9/h1-3,5H,4,11H2. The Hall–Kier alpha value is -0.780. The van der Waals surface area contributed by atoms with Crippen molar-refractivity contribution in [3.8, 4) is 0 Å². The van der Waals surface area contributed by atoms with Crippen molar-refractivity contribution in [2.45, 2.75) is 10.1 Å². The number of aromatic nitrogens is 2. The van der Waals surface area contributed by atoms with Crippen LogP contribution in [-0.2, 0) is 5.75 Å². The molecule has 0 aliphatic heterocycles. The molecule has 1 aromatic carbocycles. The van der Waals surface area contributed by atoms with Gasteiger partial charge in [0.15, 0.2) is 4.34 Å². The van der Waals surface area contributed by atoms with Crippen LogP contribution in [0.4, 0.5) is 5.69 Å². The summed E-state index contributed by atoms with van der Waals surface area (Å²) >= 11 is 9.14. The van der Waals surface area contributed by atoms with E-state index in [1.54, 1.807) is 17.3 Å². The van der Waals surface area contributed by atoms with E-state index in [0.29, 0.717) is 5.02 Å². The molecule has 1 aromatic heterocycles. The van der Waals surface area contributed by atoms with E-state index in [2.05, 4.69) is 10.2 Å². The Morgan fingerprint density at radius 3 is 3.00 bits per heavy atom. The van der Waals surface area contributed by atoms with Crippen LogP contribution in [0.3, 0.4) is 0 Å². The van der Waals surface area contributed by atoms with Crippen molar-refractivity contribution in [2.24, 2.45) is 0 Å². The van der Waals surface area contributed by atoms with Crippen molar-refractivity contribution < 1.29 is 0 Å². The molecule has 2 N–H and O–H groups in total. The van der Waals surface area contributed by atoms with E-state index in [1.807, 2.05) is 18.2 Å². The summed E-state index contributed by atoms with van der Waals surface area (Å²) in [6.45, 7) is 0. The molecule has 0 atom stereocenters. The molecular formula is C9H8ClN3S2. The number of nitrogens with two attached hydrogens (primary N) is 1. The lowest BCUT2D eigenvalue weighted by Gasteiger charge is -2.05. The first-order valence-electron chi connectivity index (χ1n) is 4.19. The van der Waals surface area contributed by atoms with Crippen LogP contribution >= 0.6 is 34.7 Å². The van der Waals surface area contributed by atoms with E-state index < -0.39 is 0 Å². The number of halogens is 1. The summed E-state index contributed by atoms with van der Waals surface area (Å²) in [5.41, 5.74) is 9.22. The minimum Gasteiger partial charge on any atom is -0.398 e. The molecule has 1 heterocycles. The highest BCUT2D eigenvalue weighted by molar-refractivity contribution is 8.00. The molecule has 3 nitrogen and oxygen atoms in total. The van der Waals surface area contributed by atoms with Crippen molar-refractivity contribution in [3.05, 3.63) is 34.3 Å². The molecule has 15 heavy (non-hydrogen) atoms. The number of benzene rings is 1. The summed E-state index contributed by atoms with van der Waals surface area (Å²) in [7, 11) is 0. The van der Waals surface area contributed by atoms with Gasteiger partial charge in [-0.25, -0.2) is 0 Å². The van der Waals surface area contributed by atoms with Gasteiger partial charge in [-0.3, -0.25) is 0 Å². The van der Waals surface area contributed by atoms with E-state index >= 15 is 0 Å². The third-order valence-electron chi connectivity index (χ3n) is 1.84. The number of anilines is 1. The lowest BCUT2D eigenvalue weighted by Crippen LogP contribution is -1.93. The Morgan fingerprint density at radius 2 is 2.33 bits per heavy atom. The van der Waals surface area contributed by atoms with Crippen LogP contribution < -0.4 is 5.73 Å². The first kappa shape index (κ1) is 10.7. The number of thioether (sulfide) groups is 1. The molecule has 0 aliphatic rings. The topological polar surface area (TPSA) is 51.8 Å². The van der Waals surface area contributed by atoms with Crippen molar-refractivity contribution in [2.75, 3.05) is 5.73 Å². The van der Waals surface area contributed by atoms with Gasteiger partial charge in [-0.15, -0.1) is 10.2 Å². The van der Waals surface area contributed by atoms with E-state index in [0.717, 1.165) is 21.3 Å². The smallest absolute Gasteiger partial charge is 0.174 e. The summed E-state index contributed by atoms with van der Waals surface area (Å²) in [6.07, 6.45) is 0. The Balaban J connectivity index is 2.11. The SMILES string of the molecule is Nc1cccc(Cl)c1CSc1nncs1. The Kier molecular flexibility index (Phi) is 3.45. The van der Waals surface area contributed by atoms with Crippen molar-refractivity contribution in [1.82, 2.24) is 10.2 Å². The lowest BCUT2D eigenvalue weighted by atomic mass is 10.2. The van der Waals surface area contributed by atoms with E-state index in [1.165, 1.54) is 11.3 Å². The molecule has 2 rings (SSSR count). The maximum absolute atomic E-state index is 6.04. The predicted molar refractivity (Wildman–Crippen MR) is 65.3 cm³/mol. The maximum Gasteiger partial charge on any atom is 0.174 e. The second-order valence-corrected chi connectivity index (χ2v) is 5.26. The normalized spacial score (nSPS) is 10.5. The minimum atomic E-state index is 0.701. The monoisotopic (exact) mass is 257 g/mol. The molecule has 0 bridgehead atoms. The summed E-state index contributed by atoms with van der Waals surface area (Å²) < 4.78 is 0.925. The maximum atomic E-state index is 6.04. The zero-order valence-electron chi connectivity index (χ0n) is 7.68. The number of nitrogens with zero attached hydrogens (tertiary/aromatic N) is 2. The summed E-state index contributed by atoms with van der Waals surface area (Å²) in [6, 6.07) is 5.53. The van der Waals surface area contributed by atoms with Crippen LogP contribution in [0, 0.1) is 0 Å². The van der Waals surface area contributed by atoms with Gasteiger partial charge in [-0.05, 0) is 12.1 Å². The zero-order chi connectivity index (χ0) is 10.7. The van der Waals surface area contributed by atoms with Crippen LogP contribution in [0.15, 0.2) is 28.0 Å². The fraction of sp³-hybridized carbons (Fsp3) is 0.111. The molecule has 0 amide bonds. The molecule has 0 fully saturated rings. The third-order valence-corrected chi connectivity index (χ3v) is 4.08. The lowest BCUT2D eigenvalue weighted by molar-refractivity contribution is 1.01.